The number of fused-ring (bicyclic) bond motifs is 6. The Labute approximate surface area is 243 Å². The molecule has 0 saturated carbocycles. The number of benzene rings is 3. The minimum atomic E-state index is -0.671. The summed E-state index contributed by atoms with van der Waals surface area (Å²) in [6.07, 6.45) is 7.79. The van der Waals surface area contributed by atoms with E-state index in [2.05, 4.69) is 80.6 Å². The second-order valence-electron chi connectivity index (χ2n) is 10.2. The molecule has 0 aliphatic carbocycles. The fraction of sp³-hybridized carbons (Fsp3) is 0.250. The number of methoxy groups -OCH3 is 1. The molecule has 4 N–H and O–H groups in total. The summed E-state index contributed by atoms with van der Waals surface area (Å²) in [5.74, 6) is 4.84. The number of ether oxygens (including phenoxy) is 2. The largest absolute Gasteiger partial charge is 0.488 e. The molecule has 10 heteroatoms. The first-order chi connectivity index (χ1) is 20.5. The number of hydrogen-bond acceptors (Lipinski definition) is 6. The molecule has 10 nitrogen and oxygen atoms in total. The molecule has 0 atom stereocenters. The van der Waals surface area contributed by atoms with Gasteiger partial charge in [-0.2, -0.15) is 4.99 Å². The molecule has 4 aromatic rings. The zero-order valence-electron chi connectivity index (χ0n) is 23.5. The summed E-state index contributed by atoms with van der Waals surface area (Å²) < 4.78 is 10.8. The van der Waals surface area contributed by atoms with Crippen molar-refractivity contribution in [1.82, 2.24) is 20.2 Å². The van der Waals surface area contributed by atoms with Crippen LogP contribution in [0.2, 0.25) is 0 Å². The van der Waals surface area contributed by atoms with Crippen LogP contribution in [0.5, 0.6) is 5.75 Å². The molecule has 6 rings (SSSR count). The SMILES string of the molecule is C#CCCN(Cc1ncc(-c2ccc3c(c2)COc2cc4c5c(ccc4cc2-3)N=C(CC)[NH2+]5)[nH]1)C(=O)CNC(=O)OC. The molecule has 0 saturated heterocycles. The van der Waals surface area contributed by atoms with E-state index in [9.17, 15) is 9.59 Å². The number of amides is 2. The molecule has 0 spiro atoms. The third kappa shape index (κ3) is 5.18. The van der Waals surface area contributed by atoms with E-state index in [1.54, 1.807) is 11.1 Å². The highest BCUT2D eigenvalue weighted by atomic mass is 16.5. The van der Waals surface area contributed by atoms with Gasteiger partial charge in [-0.3, -0.25) is 10.1 Å². The molecule has 0 bridgehead atoms. The number of nitrogens with zero attached hydrogens (tertiary/aromatic N) is 3. The van der Waals surface area contributed by atoms with Gasteiger partial charge in [-0.25, -0.2) is 9.78 Å². The Kier molecular flexibility index (Phi) is 7.33. The number of rotatable bonds is 8. The molecular weight excluding hydrogens is 532 g/mol. The number of alkyl carbamates (subject to hydrolysis) is 1. The summed E-state index contributed by atoms with van der Waals surface area (Å²) in [5, 5.41) is 6.89. The van der Waals surface area contributed by atoms with Crippen molar-refractivity contribution in [2.75, 3.05) is 20.2 Å². The van der Waals surface area contributed by atoms with Gasteiger partial charge in [-0.1, -0.05) is 25.1 Å². The first kappa shape index (κ1) is 27.1. The minimum absolute atomic E-state index is 0.194. The van der Waals surface area contributed by atoms with E-state index in [1.807, 2.05) is 0 Å². The molecule has 3 heterocycles. The molecule has 2 aliphatic heterocycles. The van der Waals surface area contributed by atoms with Gasteiger partial charge in [-0.05, 0) is 46.3 Å². The summed E-state index contributed by atoms with van der Waals surface area (Å²) in [4.78, 5) is 38.2. The van der Waals surface area contributed by atoms with E-state index >= 15 is 0 Å². The molecule has 3 aromatic carbocycles. The number of aromatic nitrogens is 2. The number of amidine groups is 1. The van der Waals surface area contributed by atoms with Crippen molar-refractivity contribution < 1.29 is 24.4 Å². The number of terminal acetylenes is 1. The summed E-state index contributed by atoms with van der Waals surface area (Å²) >= 11 is 0. The van der Waals surface area contributed by atoms with Gasteiger partial charge in [-0.15, -0.1) is 12.3 Å². The van der Waals surface area contributed by atoms with Crippen LogP contribution < -0.4 is 15.4 Å². The maximum Gasteiger partial charge on any atom is 0.407 e. The van der Waals surface area contributed by atoms with Crippen molar-refractivity contribution in [2.24, 2.45) is 4.99 Å². The first-order valence-electron chi connectivity index (χ1n) is 13.8. The summed E-state index contributed by atoms with van der Waals surface area (Å²) in [6, 6.07) is 14.9. The number of carbonyl (C=O) groups is 2. The summed E-state index contributed by atoms with van der Waals surface area (Å²) in [7, 11) is 1.25. The van der Waals surface area contributed by atoms with Crippen LogP contribution in [-0.2, 0) is 22.7 Å². The van der Waals surface area contributed by atoms with Crippen molar-refractivity contribution in [1.29, 1.82) is 0 Å². The van der Waals surface area contributed by atoms with Gasteiger partial charge in [0.05, 0.1) is 25.5 Å². The Balaban J connectivity index is 1.22. The smallest absolute Gasteiger partial charge is 0.407 e. The lowest BCUT2D eigenvalue weighted by Gasteiger charge is -2.22. The van der Waals surface area contributed by atoms with E-state index in [-0.39, 0.29) is 19.0 Å². The number of quaternary nitrogens is 1. The van der Waals surface area contributed by atoms with Crippen molar-refractivity contribution in [3.8, 4) is 40.5 Å². The van der Waals surface area contributed by atoms with Crippen LogP contribution in [0.25, 0.3) is 33.2 Å². The van der Waals surface area contributed by atoms with Gasteiger partial charge in [0.25, 0.3) is 0 Å². The lowest BCUT2D eigenvalue weighted by atomic mass is 9.92. The first-order valence-corrected chi connectivity index (χ1v) is 13.8. The third-order valence-corrected chi connectivity index (χ3v) is 7.58. The van der Waals surface area contributed by atoms with Crippen LogP contribution >= 0.6 is 0 Å². The minimum Gasteiger partial charge on any atom is -0.488 e. The molecule has 0 radical (unpaired) electrons. The Bertz CT molecular complexity index is 1780. The normalized spacial score (nSPS) is 12.8. The standard InChI is InChI=1S/C32H30N6O4/c1-4-6-11-38(30(39)16-34-32(40)41-3)17-29-33-15-26(36-29)20-7-9-22-21(12-20)18-42-27-14-23-19(13-24(22)27)8-10-25-31(23)37-28(5-2)35-25/h1,7-10,12-15H,5-6,11,16-18H2,2-3H3,(H,33,36)(H,34,40)(H,35,37)/p+1. The number of hydrogen-bond donors (Lipinski definition) is 3. The van der Waals surface area contributed by atoms with Gasteiger partial charge >= 0.3 is 6.09 Å². The number of nitrogens with one attached hydrogen (secondary N) is 2. The highest BCUT2D eigenvalue weighted by Gasteiger charge is 2.25. The molecule has 2 amide bonds. The molecule has 0 unspecified atom stereocenters. The second kappa shape index (κ2) is 11.4. The Morgan fingerprint density at radius 3 is 2.90 bits per heavy atom. The van der Waals surface area contributed by atoms with Crippen LogP contribution in [0.3, 0.4) is 0 Å². The lowest BCUT2D eigenvalue weighted by molar-refractivity contribution is -0.439. The predicted octanol–water partition coefficient (Wildman–Crippen LogP) is 4.15. The number of H-pyrrole nitrogens is 1. The monoisotopic (exact) mass is 563 g/mol. The van der Waals surface area contributed by atoms with E-state index in [1.165, 1.54) is 7.11 Å². The Morgan fingerprint density at radius 1 is 1.21 bits per heavy atom. The van der Waals surface area contributed by atoms with Gasteiger partial charge in [0.1, 0.15) is 30.4 Å². The molecule has 1 aromatic heterocycles. The molecule has 42 heavy (non-hydrogen) atoms. The van der Waals surface area contributed by atoms with Gasteiger partial charge in [0, 0.05) is 30.3 Å². The lowest BCUT2D eigenvalue weighted by Crippen LogP contribution is -2.80. The molecule has 2 aliphatic rings. The van der Waals surface area contributed by atoms with Crippen LogP contribution in [0.1, 0.15) is 31.2 Å². The van der Waals surface area contributed by atoms with Crippen molar-refractivity contribution in [3.05, 3.63) is 60.0 Å². The maximum absolute atomic E-state index is 12.7. The van der Waals surface area contributed by atoms with Crippen LogP contribution in [-0.4, -0.2) is 52.9 Å². The predicted molar refractivity (Wildman–Crippen MR) is 160 cm³/mol. The zero-order valence-corrected chi connectivity index (χ0v) is 23.5. The van der Waals surface area contributed by atoms with Crippen molar-refractivity contribution in [3.63, 3.8) is 0 Å². The summed E-state index contributed by atoms with van der Waals surface area (Å²) in [5.41, 5.74) is 7.25. The quantitative estimate of drug-likeness (QED) is 0.219. The average molecular weight is 564 g/mol. The molecular formula is C32H31N6O4+. The maximum atomic E-state index is 12.7. The fourth-order valence-corrected chi connectivity index (χ4v) is 5.37. The van der Waals surface area contributed by atoms with Crippen molar-refractivity contribution >= 4 is 40.0 Å². The highest BCUT2D eigenvalue weighted by Crippen LogP contribution is 2.44. The number of aromatic amines is 1. The van der Waals surface area contributed by atoms with Gasteiger partial charge < -0.3 is 24.7 Å². The van der Waals surface area contributed by atoms with E-state index in [0.29, 0.717) is 25.4 Å². The Hall–Kier alpha value is -5.14. The van der Waals surface area contributed by atoms with Crippen LogP contribution in [0.4, 0.5) is 16.2 Å². The molecule has 212 valence electrons. The van der Waals surface area contributed by atoms with E-state index in [4.69, 9.17) is 16.2 Å². The van der Waals surface area contributed by atoms with Gasteiger partial charge in [0.2, 0.25) is 11.7 Å². The third-order valence-electron chi connectivity index (χ3n) is 7.58. The average Bonchev–Trinajstić information content (AvgIpc) is 3.67. The second-order valence-corrected chi connectivity index (χ2v) is 10.2. The van der Waals surface area contributed by atoms with E-state index < -0.39 is 6.09 Å². The van der Waals surface area contributed by atoms with Gasteiger partial charge in [0.15, 0.2) is 5.69 Å². The molecule has 0 fully saturated rings. The number of carbonyl (C=O) groups excluding carboxylic acids is 2. The Morgan fingerprint density at radius 2 is 2.10 bits per heavy atom. The highest BCUT2D eigenvalue weighted by molar-refractivity contribution is 6.03. The topological polar surface area (TPSA) is 126 Å². The van der Waals surface area contributed by atoms with Crippen LogP contribution in [0.15, 0.2) is 53.7 Å². The van der Waals surface area contributed by atoms with E-state index in [0.717, 1.165) is 68.1 Å². The number of nitrogens with two attached hydrogens (primary N) is 1. The van der Waals surface area contributed by atoms with Crippen LogP contribution in [0, 0.1) is 12.3 Å². The fourth-order valence-electron chi connectivity index (χ4n) is 5.37. The number of imidazole rings is 1. The summed E-state index contributed by atoms with van der Waals surface area (Å²) in [6.45, 7) is 2.95. The number of aliphatic imine (C=N–C) groups is 1. The van der Waals surface area contributed by atoms with Crippen molar-refractivity contribution in [2.45, 2.75) is 32.9 Å². The zero-order chi connectivity index (χ0) is 29.2.